The molecule has 1 aliphatic heterocycles. The highest BCUT2D eigenvalue weighted by Gasteiger charge is 2.30. The van der Waals surface area contributed by atoms with E-state index in [1.807, 2.05) is 6.07 Å². The van der Waals surface area contributed by atoms with Gasteiger partial charge in [-0.1, -0.05) is 56.2 Å². The van der Waals surface area contributed by atoms with E-state index in [9.17, 15) is 9.18 Å². The van der Waals surface area contributed by atoms with Crippen molar-refractivity contribution in [3.05, 3.63) is 64.5 Å². The fourth-order valence-corrected chi connectivity index (χ4v) is 3.60. The van der Waals surface area contributed by atoms with E-state index >= 15 is 0 Å². The number of ether oxygens (including phenoxy) is 1. The lowest BCUT2D eigenvalue weighted by molar-refractivity contribution is -0.140. The third-order valence-corrected chi connectivity index (χ3v) is 5.20. The molecule has 0 amide bonds. The first-order chi connectivity index (χ1) is 12.6. The summed E-state index contributed by atoms with van der Waals surface area (Å²) in [6.07, 6.45) is 6.72. The summed E-state index contributed by atoms with van der Waals surface area (Å²) in [4.78, 5) is 12.2. The standard InChI is InChI=1S/C23H27FO2/c1-3-6-17-10-12-18(13-11-17)7-4-5-8-20-15-19-14-9-16(2)21(24)22(19)26-23(20)25/h9-14,20H,3-8,15H2,1-2H3. The second-order valence-electron chi connectivity index (χ2n) is 7.32. The van der Waals surface area contributed by atoms with Gasteiger partial charge in [-0.2, -0.15) is 0 Å². The van der Waals surface area contributed by atoms with E-state index in [-0.39, 0.29) is 17.6 Å². The molecule has 0 radical (unpaired) electrons. The van der Waals surface area contributed by atoms with Crippen LogP contribution < -0.4 is 4.74 Å². The number of aryl methyl sites for hydroxylation is 3. The topological polar surface area (TPSA) is 26.3 Å². The average Bonchev–Trinajstić information content (AvgIpc) is 2.64. The van der Waals surface area contributed by atoms with Crippen LogP contribution in [0.1, 0.15) is 54.9 Å². The van der Waals surface area contributed by atoms with Gasteiger partial charge in [0.05, 0.1) is 5.92 Å². The minimum atomic E-state index is -0.402. The molecule has 3 rings (SSSR count). The first-order valence-electron chi connectivity index (χ1n) is 9.66. The molecule has 1 unspecified atom stereocenters. The van der Waals surface area contributed by atoms with Crippen LogP contribution in [0.25, 0.3) is 0 Å². The molecule has 1 aliphatic rings. The summed E-state index contributed by atoms with van der Waals surface area (Å²) in [5, 5.41) is 0. The molecule has 0 spiro atoms. The Kier molecular flexibility index (Phi) is 6.08. The van der Waals surface area contributed by atoms with Gasteiger partial charge in [-0.15, -0.1) is 0 Å². The van der Waals surface area contributed by atoms with Gasteiger partial charge in [0.1, 0.15) is 0 Å². The van der Waals surface area contributed by atoms with Crippen LogP contribution >= 0.6 is 0 Å². The molecule has 1 atom stereocenters. The molecule has 0 saturated heterocycles. The molecule has 26 heavy (non-hydrogen) atoms. The van der Waals surface area contributed by atoms with E-state index < -0.39 is 5.82 Å². The number of benzene rings is 2. The molecular formula is C23H27FO2. The number of halogens is 1. The highest BCUT2D eigenvalue weighted by atomic mass is 19.1. The average molecular weight is 354 g/mol. The van der Waals surface area contributed by atoms with Gasteiger partial charge >= 0.3 is 5.97 Å². The largest absolute Gasteiger partial charge is 0.423 e. The lowest BCUT2D eigenvalue weighted by atomic mass is 9.90. The van der Waals surface area contributed by atoms with E-state index in [4.69, 9.17) is 4.74 Å². The van der Waals surface area contributed by atoms with Crippen molar-refractivity contribution in [3.8, 4) is 5.75 Å². The van der Waals surface area contributed by atoms with Crippen molar-refractivity contribution in [2.24, 2.45) is 5.92 Å². The maximum Gasteiger partial charge on any atom is 0.314 e. The maximum atomic E-state index is 14.1. The number of esters is 1. The molecule has 0 aliphatic carbocycles. The molecule has 0 aromatic heterocycles. The van der Waals surface area contributed by atoms with Crippen LogP contribution in [0.3, 0.4) is 0 Å². The summed E-state index contributed by atoms with van der Waals surface area (Å²) >= 11 is 0. The molecule has 3 heteroatoms. The van der Waals surface area contributed by atoms with Gasteiger partial charge in [0.25, 0.3) is 0 Å². The predicted molar refractivity (Wildman–Crippen MR) is 102 cm³/mol. The number of hydrogen-bond acceptors (Lipinski definition) is 2. The van der Waals surface area contributed by atoms with Crippen molar-refractivity contribution < 1.29 is 13.9 Å². The molecule has 0 fully saturated rings. The van der Waals surface area contributed by atoms with Crippen LogP contribution in [0.4, 0.5) is 4.39 Å². The van der Waals surface area contributed by atoms with Gasteiger partial charge in [0.2, 0.25) is 0 Å². The molecule has 1 heterocycles. The normalized spacial score (nSPS) is 16.3. The fraction of sp³-hybridized carbons (Fsp3) is 0.435. The van der Waals surface area contributed by atoms with E-state index in [2.05, 4.69) is 31.2 Å². The molecule has 2 nitrogen and oxygen atoms in total. The second-order valence-corrected chi connectivity index (χ2v) is 7.32. The molecule has 2 aromatic rings. The fourth-order valence-electron chi connectivity index (χ4n) is 3.60. The zero-order valence-corrected chi connectivity index (χ0v) is 15.7. The Morgan fingerprint density at radius 3 is 2.42 bits per heavy atom. The Hall–Kier alpha value is -2.16. The number of hydrogen-bond donors (Lipinski definition) is 0. The zero-order valence-electron chi connectivity index (χ0n) is 15.7. The Labute approximate surface area is 155 Å². The SMILES string of the molecule is CCCc1ccc(CCCCC2Cc3ccc(C)c(F)c3OC2=O)cc1. The van der Waals surface area contributed by atoms with Gasteiger partial charge < -0.3 is 4.74 Å². The highest BCUT2D eigenvalue weighted by Crippen LogP contribution is 2.34. The summed E-state index contributed by atoms with van der Waals surface area (Å²) < 4.78 is 19.4. The first-order valence-corrected chi connectivity index (χ1v) is 9.66. The summed E-state index contributed by atoms with van der Waals surface area (Å²) in [6.45, 7) is 3.88. The molecule has 0 saturated carbocycles. The van der Waals surface area contributed by atoms with Crippen molar-refractivity contribution in [1.82, 2.24) is 0 Å². The molecule has 138 valence electrons. The van der Waals surface area contributed by atoms with Crippen molar-refractivity contribution >= 4 is 5.97 Å². The van der Waals surface area contributed by atoms with Crippen LogP contribution in [-0.4, -0.2) is 5.97 Å². The highest BCUT2D eigenvalue weighted by molar-refractivity contribution is 5.78. The van der Waals surface area contributed by atoms with Crippen LogP contribution in [-0.2, 0) is 24.1 Å². The number of unbranched alkanes of at least 4 members (excludes halogenated alkanes) is 1. The number of fused-ring (bicyclic) bond motifs is 1. The van der Waals surface area contributed by atoms with E-state index in [0.717, 1.165) is 37.7 Å². The van der Waals surface area contributed by atoms with Gasteiger partial charge in [-0.05, 0) is 61.3 Å². The molecule has 2 aromatic carbocycles. The van der Waals surface area contributed by atoms with Crippen LogP contribution in [0.2, 0.25) is 0 Å². The quantitative estimate of drug-likeness (QED) is 0.369. The van der Waals surface area contributed by atoms with Gasteiger partial charge in [-0.25, -0.2) is 4.39 Å². The Morgan fingerprint density at radius 1 is 1.04 bits per heavy atom. The maximum absolute atomic E-state index is 14.1. The summed E-state index contributed by atoms with van der Waals surface area (Å²) in [5.74, 6) is -0.707. The Morgan fingerprint density at radius 2 is 1.73 bits per heavy atom. The Balaban J connectivity index is 1.49. The van der Waals surface area contributed by atoms with E-state index in [1.165, 1.54) is 17.5 Å². The monoisotopic (exact) mass is 354 g/mol. The Bertz CT molecular complexity index is 765. The summed E-state index contributed by atoms with van der Waals surface area (Å²) in [6, 6.07) is 12.5. The number of carbonyl (C=O) groups is 1. The van der Waals surface area contributed by atoms with Crippen molar-refractivity contribution in [1.29, 1.82) is 0 Å². The summed E-state index contributed by atoms with van der Waals surface area (Å²) in [5.41, 5.74) is 4.06. The minimum absolute atomic E-state index is 0.137. The summed E-state index contributed by atoms with van der Waals surface area (Å²) in [7, 11) is 0. The van der Waals surface area contributed by atoms with Crippen LogP contribution in [0.5, 0.6) is 5.75 Å². The molecule has 0 N–H and O–H groups in total. The van der Waals surface area contributed by atoms with Gasteiger partial charge in [0.15, 0.2) is 11.6 Å². The molecular weight excluding hydrogens is 327 g/mol. The second kappa shape index (κ2) is 8.48. The predicted octanol–water partition coefficient (Wildman–Crippen LogP) is 5.58. The van der Waals surface area contributed by atoms with Crippen LogP contribution in [0.15, 0.2) is 36.4 Å². The van der Waals surface area contributed by atoms with E-state index in [0.29, 0.717) is 12.0 Å². The first kappa shape index (κ1) is 18.6. The number of rotatable bonds is 7. The molecule has 0 bridgehead atoms. The van der Waals surface area contributed by atoms with Crippen molar-refractivity contribution in [2.45, 2.75) is 58.8 Å². The lowest BCUT2D eigenvalue weighted by Gasteiger charge is -2.24. The zero-order chi connectivity index (χ0) is 18.5. The van der Waals surface area contributed by atoms with Crippen molar-refractivity contribution in [3.63, 3.8) is 0 Å². The lowest BCUT2D eigenvalue weighted by Crippen LogP contribution is -2.28. The number of carbonyl (C=O) groups excluding carboxylic acids is 1. The minimum Gasteiger partial charge on any atom is -0.423 e. The third kappa shape index (κ3) is 4.32. The van der Waals surface area contributed by atoms with Crippen molar-refractivity contribution in [2.75, 3.05) is 0 Å². The van der Waals surface area contributed by atoms with Gasteiger partial charge in [0, 0.05) is 0 Å². The van der Waals surface area contributed by atoms with Crippen LogP contribution in [0, 0.1) is 18.7 Å². The van der Waals surface area contributed by atoms with E-state index in [1.54, 1.807) is 13.0 Å². The van der Waals surface area contributed by atoms with Gasteiger partial charge in [-0.3, -0.25) is 4.79 Å². The third-order valence-electron chi connectivity index (χ3n) is 5.20. The smallest absolute Gasteiger partial charge is 0.314 e.